The Labute approximate surface area is 146 Å². The molecule has 0 radical (unpaired) electrons. The van der Waals surface area contributed by atoms with Gasteiger partial charge in [-0.05, 0) is 18.4 Å². The average molecular weight is 338 g/mol. The Morgan fingerprint density at radius 3 is 2.72 bits per heavy atom. The van der Waals surface area contributed by atoms with Crippen molar-refractivity contribution >= 4 is 11.8 Å². The van der Waals surface area contributed by atoms with Crippen molar-refractivity contribution in [3.63, 3.8) is 0 Å². The largest absolute Gasteiger partial charge is 0.350 e. The summed E-state index contributed by atoms with van der Waals surface area (Å²) in [6.45, 7) is 4.34. The predicted molar refractivity (Wildman–Crippen MR) is 92.6 cm³/mol. The lowest BCUT2D eigenvalue weighted by molar-refractivity contribution is -0.125. The van der Waals surface area contributed by atoms with E-state index in [1.165, 1.54) is 0 Å². The number of amides is 2. The van der Waals surface area contributed by atoms with Gasteiger partial charge in [-0.1, -0.05) is 37.3 Å². The molecule has 0 saturated heterocycles. The standard InChI is InChI=1S/C19H22N4O2/c1-19(7-8-19)18(25)20-11-15-13-22-9-10-23(17(24)16(22)21-15)12-14-5-3-2-4-6-14/h2-6,13H,7-12H2,1H3,(H,20,25). The number of nitrogens with one attached hydrogen (secondary N) is 1. The zero-order valence-corrected chi connectivity index (χ0v) is 14.4. The Balaban J connectivity index is 1.42. The number of aromatic nitrogens is 2. The fraction of sp³-hybridized carbons (Fsp3) is 0.421. The normalized spacial score (nSPS) is 18.0. The van der Waals surface area contributed by atoms with E-state index < -0.39 is 0 Å². The minimum atomic E-state index is -0.193. The van der Waals surface area contributed by atoms with Crippen LogP contribution in [-0.2, 0) is 24.4 Å². The maximum atomic E-state index is 12.7. The second-order valence-corrected chi connectivity index (χ2v) is 7.20. The second-order valence-electron chi connectivity index (χ2n) is 7.20. The molecule has 0 unspecified atom stereocenters. The van der Waals surface area contributed by atoms with E-state index in [0.29, 0.717) is 25.5 Å². The Morgan fingerprint density at radius 1 is 1.24 bits per heavy atom. The highest BCUT2D eigenvalue weighted by Gasteiger charge is 2.44. The molecule has 2 amide bonds. The van der Waals surface area contributed by atoms with Crippen LogP contribution in [0, 0.1) is 5.41 Å². The summed E-state index contributed by atoms with van der Waals surface area (Å²) >= 11 is 0. The Morgan fingerprint density at radius 2 is 2.00 bits per heavy atom. The zero-order valence-electron chi connectivity index (χ0n) is 14.4. The second kappa shape index (κ2) is 6.02. The summed E-state index contributed by atoms with van der Waals surface area (Å²) in [4.78, 5) is 31.0. The molecule has 4 rings (SSSR count). The fourth-order valence-corrected chi connectivity index (χ4v) is 3.12. The maximum Gasteiger partial charge on any atom is 0.290 e. The summed E-state index contributed by atoms with van der Waals surface area (Å²) in [5.74, 6) is 0.487. The highest BCUT2D eigenvalue weighted by atomic mass is 16.2. The third-order valence-corrected chi connectivity index (χ3v) is 5.11. The van der Waals surface area contributed by atoms with Crippen LogP contribution in [0.4, 0.5) is 0 Å². The molecule has 1 N–H and O–H groups in total. The van der Waals surface area contributed by atoms with Gasteiger partial charge in [0.2, 0.25) is 5.91 Å². The van der Waals surface area contributed by atoms with Crippen molar-refractivity contribution in [3.05, 3.63) is 53.6 Å². The average Bonchev–Trinajstić information content (AvgIpc) is 3.23. The lowest BCUT2D eigenvalue weighted by atomic mass is 10.1. The SMILES string of the molecule is CC1(C(=O)NCc2cn3c(n2)C(=O)N(Cc2ccccc2)CC3)CC1. The molecular formula is C19H22N4O2. The summed E-state index contributed by atoms with van der Waals surface area (Å²) in [5, 5.41) is 2.94. The lowest BCUT2D eigenvalue weighted by Gasteiger charge is -2.27. The quantitative estimate of drug-likeness (QED) is 0.906. The number of rotatable bonds is 5. The molecule has 1 aromatic carbocycles. The van der Waals surface area contributed by atoms with Gasteiger partial charge in [0.25, 0.3) is 5.91 Å². The number of carbonyl (C=O) groups excluding carboxylic acids is 2. The summed E-state index contributed by atoms with van der Waals surface area (Å²) < 4.78 is 1.89. The van der Waals surface area contributed by atoms with Gasteiger partial charge in [0.15, 0.2) is 5.82 Å². The topological polar surface area (TPSA) is 67.2 Å². The molecule has 1 aromatic heterocycles. The van der Waals surface area contributed by atoms with Crippen LogP contribution in [0.5, 0.6) is 0 Å². The van der Waals surface area contributed by atoms with Gasteiger partial charge in [0.05, 0.1) is 12.2 Å². The number of fused-ring (bicyclic) bond motifs is 1. The van der Waals surface area contributed by atoms with Crippen molar-refractivity contribution in [1.29, 1.82) is 0 Å². The van der Waals surface area contributed by atoms with E-state index >= 15 is 0 Å². The zero-order chi connectivity index (χ0) is 17.4. The van der Waals surface area contributed by atoms with Gasteiger partial charge < -0.3 is 14.8 Å². The highest BCUT2D eigenvalue weighted by Crippen LogP contribution is 2.45. The van der Waals surface area contributed by atoms with Gasteiger partial charge in [-0.25, -0.2) is 4.98 Å². The van der Waals surface area contributed by atoms with E-state index in [2.05, 4.69) is 10.3 Å². The lowest BCUT2D eigenvalue weighted by Crippen LogP contribution is -2.39. The molecule has 6 nitrogen and oxygen atoms in total. The molecule has 2 aromatic rings. The predicted octanol–water partition coefficient (Wildman–Crippen LogP) is 1.96. The van der Waals surface area contributed by atoms with Gasteiger partial charge in [0, 0.05) is 31.2 Å². The van der Waals surface area contributed by atoms with Crippen LogP contribution in [0.3, 0.4) is 0 Å². The Bertz CT molecular complexity index is 808. The van der Waals surface area contributed by atoms with Crippen LogP contribution in [-0.4, -0.2) is 32.8 Å². The molecule has 1 saturated carbocycles. The van der Waals surface area contributed by atoms with Crippen molar-refractivity contribution in [2.75, 3.05) is 6.54 Å². The first-order chi connectivity index (χ1) is 12.0. The van der Waals surface area contributed by atoms with Crippen LogP contribution in [0.25, 0.3) is 0 Å². The first kappa shape index (κ1) is 15.9. The highest BCUT2D eigenvalue weighted by molar-refractivity contribution is 5.91. The smallest absolute Gasteiger partial charge is 0.290 e. The third-order valence-electron chi connectivity index (χ3n) is 5.11. The summed E-state index contributed by atoms with van der Waals surface area (Å²) in [5.41, 5.74) is 1.66. The number of nitrogens with zero attached hydrogens (tertiary/aromatic N) is 3. The molecule has 130 valence electrons. The van der Waals surface area contributed by atoms with Crippen molar-refractivity contribution in [2.45, 2.75) is 39.4 Å². The number of carbonyl (C=O) groups is 2. The van der Waals surface area contributed by atoms with E-state index in [4.69, 9.17) is 0 Å². The van der Waals surface area contributed by atoms with Crippen LogP contribution in [0.15, 0.2) is 36.5 Å². The Kier molecular flexibility index (Phi) is 3.82. The Hall–Kier alpha value is -2.63. The molecule has 1 aliphatic carbocycles. The van der Waals surface area contributed by atoms with Crippen molar-refractivity contribution in [2.24, 2.45) is 5.41 Å². The first-order valence-corrected chi connectivity index (χ1v) is 8.73. The minimum Gasteiger partial charge on any atom is -0.350 e. The molecule has 0 atom stereocenters. The molecule has 0 bridgehead atoms. The summed E-state index contributed by atoms with van der Waals surface area (Å²) in [7, 11) is 0. The van der Waals surface area contributed by atoms with Crippen molar-refractivity contribution in [1.82, 2.24) is 19.8 Å². The van der Waals surface area contributed by atoms with E-state index in [9.17, 15) is 9.59 Å². The fourth-order valence-electron chi connectivity index (χ4n) is 3.12. The molecule has 2 aliphatic rings. The van der Waals surface area contributed by atoms with E-state index in [1.54, 1.807) is 0 Å². The van der Waals surface area contributed by atoms with Crippen LogP contribution in [0.1, 0.15) is 41.6 Å². The van der Waals surface area contributed by atoms with Gasteiger partial charge >= 0.3 is 0 Å². The monoisotopic (exact) mass is 338 g/mol. The first-order valence-electron chi connectivity index (χ1n) is 8.73. The van der Waals surface area contributed by atoms with Gasteiger partial charge in [0.1, 0.15) is 0 Å². The number of hydrogen-bond acceptors (Lipinski definition) is 3. The molecule has 0 spiro atoms. The number of benzene rings is 1. The molecular weight excluding hydrogens is 316 g/mol. The molecule has 25 heavy (non-hydrogen) atoms. The number of imidazole rings is 1. The third kappa shape index (κ3) is 3.16. The van der Waals surface area contributed by atoms with Crippen molar-refractivity contribution in [3.8, 4) is 0 Å². The maximum absolute atomic E-state index is 12.7. The molecule has 1 fully saturated rings. The van der Waals surface area contributed by atoms with Gasteiger partial charge in [-0.15, -0.1) is 0 Å². The van der Waals surface area contributed by atoms with Gasteiger partial charge in [-0.3, -0.25) is 9.59 Å². The number of hydrogen-bond donors (Lipinski definition) is 1. The van der Waals surface area contributed by atoms with E-state index in [-0.39, 0.29) is 17.2 Å². The molecule has 2 heterocycles. The molecule has 1 aliphatic heterocycles. The molecule has 6 heteroatoms. The van der Waals surface area contributed by atoms with Gasteiger partial charge in [-0.2, -0.15) is 0 Å². The van der Waals surface area contributed by atoms with E-state index in [0.717, 1.165) is 30.6 Å². The van der Waals surface area contributed by atoms with Crippen LogP contribution >= 0.6 is 0 Å². The van der Waals surface area contributed by atoms with Crippen LogP contribution < -0.4 is 5.32 Å². The van der Waals surface area contributed by atoms with Crippen LogP contribution in [0.2, 0.25) is 0 Å². The van der Waals surface area contributed by atoms with E-state index in [1.807, 2.05) is 52.9 Å². The van der Waals surface area contributed by atoms with Crippen molar-refractivity contribution < 1.29 is 9.59 Å². The summed E-state index contributed by atoms with van der Waals surface area (Å²) in [6.07, 6.45) is 3.78. The minimum absolute atomic E-state index is 0.0539. The summed E-state index contributed by atoms with van der Waals surface area (Å²) in [6, 6.07) is 9.97.